The number of hydrogen-bond acceptors (Lipinski definition) is 5. The van der Waals surface area contributed by atoms with Crippen LogP contribution in [0.1, 0.15) is 43.7 Å². The zero-order chi connectivity index (χ0) is 18.4. The number of benzene rings is 1. The van der Waals surface area contributed by atoms with Gasteiger partial charge in [0.25, 0.3) is 0 Å². The minimum Gasteiger partial charge on any atom is -0.497 e. The number of carbonyl (C=O) groups excluding carboxylic acids is 1. The molecule has 2 aliphatic rings. The molecule has 1 saturated heterocycles. The van der Waals surface area contributed by atoms with Gasteiger partial charge < -0.3 is 20.5 Å². The van der Waals surface area contributed by atoms with Crippen molar-refractivity contribution in [3.05, 3.63) is 29.8 Å². The van der Waals surface area contributed by atoms with Gasteiger partial charge in [-0.2, -0.15) is 0 Å². The predicted molar refractivity (Wildman–Crippen MR) is 116 cm³/mol. The summed E-state index contributed by atoms with van der Waals surface area (Å²) in [7, 11) is 1.67. The van der Waals surface area contributed by atoms with E-state index in [1.807, 2.05) is 12.1 Å². The van der Waals surface area contributed by atoms with Gasteiger partial charge in [-0.1, -0.05) is 31.4 Å². The Balaban J connectivity index is 0.00000196. The lowest BCUT2D eigenvalue weighted by atomic mass is 9.82. The van der Waals surface area contributed by atoms with Gasteiger partial charge >= 0.3 is 0 Å². The Bertz CT molecular complexity index is 589. The van der Waals surface area contributed by atoms with Crippen LogP contribution in [0.3, 0.4) is 0 Å². The minimum atomic E-state index is -0.701. The zero-order valence-corrected chi connectivity index (χ0v) is 18.2. The average Bonchev–Trinajstić information content (AvgIpc) is 2.70. The van der Waals surface area contributed by atoms with E-state index in [1.54, 1.807) is 7.11 Å². The molecule has 3 N–H and O–H groups in total. The molecule has 28 heavy (non-hydrogen) atoms. The SMILES string of the molecule is COc1ccc(C(CNC(=O)C2(N)CCCCC2)N2CCOCC2)cc1.Cl.Cl. The van der Waals surface area contributed by atoms with Crippen LogP contribution in [-0.2, 0) is 9.53 Å². The molecule has 0 radical (unpaired) electrons. The molecular weight excluding hydrogens is 401 g/mol. The van der Waals surface area contributed by atoms with E-state index in [0.29, 0.717) is 6.54 Å². The van der Waals surface area contributed by atoms with Crippen molar-refractivity contribution in [3.8, 4) is 5.75 Å². The van der Waals surface area contributed by atoms with Crippen LogP contribution >= 0.6 is 24.8 Å². The molecule has 1 aliphatic heterocycles. The van der Waals surface area contributed by atoms with E-state index in [1.165, 1.54) is 12.0 Å². The number of halogens is 2. The molecule has 1 aromatic rings. The molecule has 6 nitrogen and oxygen atoms in total. The highest BCUT2D eigenvalue weighted by atomic mass is 35.5. The van der Waals surface area contributed by atoms with Crippen LogP contribution in [0.25, 0.3) is 0 Å². The van der Waals surface area contributed by atoms with E-state index in [9.17, 15) is 4.79 Å². The molecule has 0 spiro atoms. The van der Waals surface area contributed by atoms with Gasteiger partial charge in [-0.05, 0) is 30.5 Å². The number of nitrogens with one attached hydrogen (secondary N) is 1. The van der Waals surface area contributed by atoms with Gasteiger partial charge in [-0.25, -0.2) is 0 Å². The van der Waals surface area contributed by atoms with Crippen molar-refractivity contribution in [1.82, 2.24) is 10.2 Å². The minimum absolute atomic E-state index is 0. The van der Waals surface area contributed by atoms with Gasteiger partial charge in [0.1, 0.15) is 5.75 Å². The largest absolute Gasteiger partial charge is 0.497 e. The molecule has 1 amide bonds. The number of carbonyl (C=O) groups is 1. The fourth-order valence-corrected chi connectivity index (χ4v) is 3.95. The van der Waals surface area contributed by atoms with E-state index in [4.69, 9.17) is 15.2 Å². The lowest BCUT2D eigenvalue weighted by molar-refractivity contribution is -0.127. The molecule has 160 valence electrons. The summed E-state index contributed by atoms with van der Waals surface area (Å²) in [6.45, 7) is 3.73. The van der Waals surface area contributed by atoms with Crippen LogP contribution in [0.5, 0.6) is 5.75 Å². The Morgan fingerprint density at radius 3 is 2.36 bits per heavy atom. The van der Waals surface area contributed by atoms with Gasteiger partial charge in [0.2, 0.25) is 5.91 Å². The van der Waals surface area contributed by atoms with Crippen molar-refractivity contribution in [2.75, 3.05) is 40.0 Å². The van der Waals surface area contributed by atoms with Crippen molar-refractivity contribution in [2.24, 2.45) is 5.73 Å². The summed E-state index contributed by atoms with van der Waals surface area (Å²) in [5.74, 6) is 0.825. The smallest absolute Gasteiger partial charge is 0.240 e. The fraction of sp³-hybridized carbons (Fsp3) is 0.650. The molecule has 1 unspecified atom stereocenters. The third kappa shape index (κ3) is 6.22. The second-order valence-electron chi connectivity index (χ2n) is 7.36. The van der Waals surface area contributed by atoms with Crippen molar-refractivity contribution in [2.45, 2.75) is 43.7 Å². The lowest BCUT2D eigenvalue weighted by Gasteiger charge is -2.37. The Morgan fingerprint density at radius 2 is 1.79 bits per heavy atom. The van der Waals surface area contributed by atoms with Crippen molar-refractivity contribution < 1.29 is 14.3 Å². The number of morpholine rings is 1. The second-order valence-corrected chi connectivity index (χ2v) is 7.36. The molecule has 8 heteroatoms. The standard InChI is InChI=1S/C20H31N3O3.2ClH/c1-25-17-7-5-16(6-8-17)18(23-11-13-26-14-12-23)15-22-19(24)20(21)9-3-2-4-10-20;;/h5-8,18H,2-4,9-15,21H2,1H3,(H,22,24);2*1H. The van der Waals surface area contributed by atoms with Crippen LogP contribution in [0.2, 0.25) is 0 Å². The highest BCUT2D eigenvalue weighted by Crippen LogP contribution is 2.27. The number of methoxy groups -OCH3 is 1. The van der Waals surface area contributed by atoms with Gasteiger partial charge in [-0.15, -0.1) is 24.8 Å². The molecule has 0 aromatic heterocycles. The maximum atomic E-state index is 12.7. The Hall–Kier alpha value is -1.05. The zero-order valence-electron chi connectivity index (χ0n) is 16.5. The number of hydrogen-bond donors (Lipinski definition) is 2. The van der Waals surface area contributed by atoms with Gasteiger partial charge in [0.05, 0.1) is 31.9 Å². The predicted octanol–water partition coefficient (Wildman–Crippen LogP) is 2.69. The number of nitrogens with zero attached hydrogens (tertiary/aromatic N) is 1. The molecule has 1 heterocycles. The maximum absolute atomic E-state index is 12.7. The summed E-state index contributed by atoms with van der Waals surface area (Å²) < 4.78 is 10.8. The van der Waals surface area contributed by atoms with Gasteiger partial charge in [-0.3, -0.25) is 9.69 Å². The third-order valence-corrected chi connectivity index (χ3v) is 5.64. The molecule has 1 saturated carbocycles. The van der Waals surface area contributed by atoms with Crippen molar-refractivity contribution in [3.63, 3.8) is 0 Å². The Morgan fingerprint density at radius 1 is 1.18 bits per heavy atom. The first-order valence-corrected chi connectivity index (χ1v) is 9.65. The van der Waals surface area contributed by atoms with Crippen molar-refractivity contribution >= 4 is 30.7 Å². The number of nitrogens with two attached hydrogens (primary N) is 1. The first-order valence-electron chi connectivity index (χ1n) is 9.65. The monoisotopic (exact) mass is 433 g/mol. The van der Waals surface area contributed by atoms with E-state index in [2.05, 4.69) is 22.3 Å². The van der Waals surface area contributed by atoms with Crippen LogP contribution < -0.4 is 15.8 Å². The summed E-state index contributed by atoms with van der Waals surface area (Å²) in [6, 6.07) is 8.20. The molecule has 0 bridgehead atoms. The highest BCUT2D eigenvalue weighted by molar-refractivity contribution is 5.86. The first-order chi connectivity index (χ1) is 12.6. The third-order valence-electron chi connectivity index (χ3n) is 5.64. The lowest BCUT2D eigenvalue weighted by Crippen LogP contribution is -2.56. The van der Waals surface area contributed by atoms with Crippen LogP contribution in [0.15, 0.2) is 24.3 Å². The molecule has 1 aliphatic carbocycles. The molecular formula is C20H33Cl2N3O3. The van der Waals surface area contributed by atoms with Gasteiger partial charge in [0, 0.05) is 19.6 Å². The Labute approximate surface area is 180 Å². The number of rotatable bonds is 6. The molecule has 3 rings (SSSR count). The summed E-state index contributed by atoms with van der Waals surface area (Å²) >= 11 is 0. The van der Waals surface area contributed by atoms with Gasteiger partial charge in [0.15, 0.2) is 0 Å². The molecule has 1 aromatic carbocycles. The van der Waals surface area contributed by atoms with Crippen LogP contribution in [-0.4, -0.2) is 56.3 Å². The number of amides is 1. The van der Waals surface area contributed by atoms with E-state index < -0.39 is 5.54 Å². The maximum Gasteiger partial charge on any atom is 0.240 e. The normalized spacial score (nSPS) is 20.2. The highest BCUT2D eigenvalue weighted by Gasteiger charge is 2.35. The number of ether oxygens (including phenoxy) is 2. The summed E-state index contributed by atoms with van der Waals surface area (Å²) in [5, 5.41) is 3.14. The van der Waals surface area contributed by atoms with Crippen molar-refractivity contribution in [1.29, 1.82) is 0 Å². The van der Waals surface area contributed by atoms with Crippen LogP contribution in [0, 0.1) is 0 Å². The van der Waals surface area contributed by atoms with E-state index in [-0.39, 0.29) is 36.8 Å². The molecule has 1 atom stereocenters. The van der Waals surface area contributed by atoms with Crippen LogP contribution in [0.4, 0.5) is 0 Å². The second kappa shape index (κ2) is 11.8. The molecule has 2 fully saturated rings. The summed E-state index contributed by atoms with van der Waals surface area (Å²) in [6.07, 6.45) is 4.81. The van der Waals surface area contributed by atoms with E-state index in [0.717, 1.165) is 57.7 Å². The summed E-state index contributed by atoms with van der Waals surface area (Å²) in [4.78, 5) is 15.1. The summed E-state index contributed by atoms with van der Waals surface area (Å²) in [5.41, 5.74) is 6.85. The Kier molecular flexibility index (Phi) is 10.6. The topological polar surface area (TPSA) is 76.8 Å². The fourth-order valence-electron chi connectivity index (χ4n) is 3.95. The van der Waals surface area contributed by atoms with E-state index >= 15 is 0 Å². The quantitative estimate of drug-likeness (QED) is 0.720. The average molecular weight is 434 g/mol. The first kappa shape index (κ1) is 25.0.